The summed E-state index contributed by atoms with van der Waals surface area (Å²) >= 11 is 0. The first-order valence-corrected chi connectivity index (χ1v) is 18.0. The predicted molar refractivity (Wildman–Crippen MR) is 196 cm³/mol. The molecule has 2 fully saturated rings. The number of carbonyl (C=O) groups is 6. The topological polar surface area (TPSA) is 177 Å². The highest BCUT2D eigenvalue weighted by molar-refractivity contribution is 6.37. The third kappa shape index (κ3) is 10.3. The van der Waals surface area contributed by atoms with Crippen LogP contribution in [0.25, 0.3) is 0 Å². The molecule has 5 amide bonds. The number of esters is 1. The molecule has 2 aromatic carbocycles. The summed E-state index contributed by atoms with van der Waals surface area (Å²) in [4.78, 5) is 81.7. The molecule has 5 N–H and O–H groups in total. The van der Waals surface area contributed by atoms with Crippen molar-refractivity contribution >= 4 is 35.5 Å². The van der Waals surface area contributed by atoms with Crippen LogP contribution in [0.5, 0.6) is 0 Å². The molecule has 2 aliphatic rings. The fourth-order valence-electron chi connectivity index (χ4n) is 6.66. The van der Waals surface area contributed by atoms with E-state index in [2.05, 4.69) is 22.5 Å². The molecular weight excluding hydrogens is 662 g/mol. The molecule has 5 atom stereocenters. The number of ether oxygens (including phenoxy) is 1. The average molecular weight is 716 g/mol. The Morgan fingerprint density at radius 2 is 1.54 bits per heavy atom. The third-order valence-corrected chi connectivity index (χ3v) is 10.1. The molecule has 0 radical (unpaired) electrons. The van der Waals surface area contributed by atoms with Crippen molar-refractivity contribution in [3.8, 4) is 0 Å². The molecule has 1 saturated carbocycles. The zero-order chi connectivity index (χ0) is 38.2. The fraction of sp³-hybridized carbons (Fsp3) is 0.500. The third-order valence-electron chi connectivity index (χ3n) is 10.1. The van der Waals surface area contributed by atoms with Gasteiger partial charge in [-0.15, -0.1) is 0 Å². The van der Waals surface area contributed by atoms with Gasteiger partial charge in [0.15, 0.2) is 6.04 Å². The molecule has 4 rings (SSSR count). The van der Waals surface area contributed by atoms with Crippen molar-refractivity contribution < 1.29 is 33.5 Å². The maximum Gasteiger partial charge on any atom is 0.333 e. The Labute approximate surface area is 306 Å². The van der Waals surface area contributed by atoms with Crippen LogP contribution in [-0.4, -0.2) is 65.1 Å². The Morgan fingerprint density at radius 3 is 2.08 bits per heavy atom. The lowest BCUT2D eigenvalue weighted by Gasteiger charge is -2.36. The second-order valence-electron chi connectivity index (χ2n) is 15.3. The lowest BCUT2D eigenvalue weighted by atomic mass is 9.80. The number of carbonyl (C=O) groups excluding carboxylic acids is 6. The maximum atomic E-state index is 14.5. The first-order chi connectivity index (χ1) is 24.6. The van der Waals surface area contributed by atoms with Gasteiger partial charge in [0.25, 0.3) is 5.91 Å². The van der Waals surface area contributed by atoms with Crippen molar-refractivity contribution in [3.05, 3.63) is 83.9 Å². The molecule has 0 spiro atoms. The molecule has 12 nitrogen and oxygen atoms in total. The highest BCUT2D eigenvalue weighted by Gasteiger charge is 2.46. The molecule has 2 unspecified atom stereocenters. The van der Waals surface area contributed by atoms with Crippen LogP contribution in [0.3, 0.4) is 0 Å². The number of urea groups is 1. The molecular formula is C40H53N5O7. The number of nitrogens with two attached hydrogens (primary N) is 1. The number of benzene rings is 2. The van der Waals surface area contributed by atoms with Gasteiger partial charge < -0.3 is 31.3 Å². The Hall–Kier alpha value is -5.00. The lowest BCUT2D eigenvalue weighted by Crippen LogP contribution is -2.60. The Balaban J connectivity index is 1.56. The van der Waals surface area contributed by atoms with E-state index in [9.17, 15) is 28.8 Å². The normalized spacial score (nSPS) is 19.1. The van der Waals surface area contributed by atoms with Crippen molar-refractivity contribution in [1.82, 2.24) is 20.9 Å². The van der Waals surface area contributed by atoms with Crippen LogP contribution in [0, 0.1) is 23.2 Å². The van der Waals surface area contributed by atoms with Crippen molar-refractivity contribution in [2.75, 3.05) is 6.54 Å². The number of likely N-dealkylation sites (tertiary alicyclic amines) is 1. The van der Waals surface area contributed by atoms with Gasteiger partial charge in [0.1, 0.15) is 18.7 Å². The molecule has 52 heavy (non-hydrogen) atoms. The van der Waals surface area contributed by atoms with E-state index in [1.165, 1.54) is 4.90 Å². The van der Waals surface area contributed by atoms with Gasteiger partial charge in [-0.3, -0.25) is 19.2 Å². The smallest absolute Gasteiger partial charge is 0.333 e. The molecule has 1 aliphatic carbocycles. The van der Waals surface area contributed by atoms with E-state index in [0.29, 0.717) is 12.0 Å². The summed E-state index contributed by atoms with van der Waals surface area (Å²) in [5.74, 6) is -3.74. The number of hydrogen-bond acceptors (Lipinski definition) is 7. The molecule has 2 aromatic rings. The van der Waals surface area contributed by atoms with Gasteiger partial charge in [-0.1, -0.05) is 127 Å². The molecule has 280 valence electrons. The van der Waals surface area contributed by atoms with Crippen molar-refractivity contribution in [1.29, 1.82) is 0 Å². The Morgan fingerprint density at radius 1 is 0.923 bits per heavy atom. The quantitative estimate of drug-likeness (QED) is 0.120. The van der Waals surface area contributed by atoms with E-state index in [0.717, 1.165) is 30.4 Å². The van der Waals surface area contributed by atoms with Gasteiger partial charge in [-0.25, -0.2) is 9.59 Å². The van der Waals surface area contributed by atoms with Gasteiger partial charge in [-0.05, 0) is 47.1 Å². The maximum absolute atomic E-state index is 14.5. The van der Waals surface area contributed by atoms with Gasteiger partial charge in [0.2, 0.25) is 17.6 Å². The van der Waals surface area contributed by atoms with Crippen LogP contribution in [-0.2, 0) is 35.3 Å². The summed E-state index contributed by atoms with van der Waals surface area (Å²) < 4.78 is 5.58. The van der Waals surface area contributed by atoms with E-state index in [1.54, 1.807) is 51.1 Å². The molecule has 1 aliphatic heterocycles. The number of nitrogens with zero attached hydrogens (tertiary/aromatic N) is 1. The number of nitrogens with one attached hydrogen (secondary N) is 3. The highest BCUT2D eigenvalue weighted by Crippen LogP contribution is 2.35. The second-order valence-corrected chi connectivity index (χ2v) is 15.3. The average Bonchev–Trinajstić information content (AvgIpc) is 3.54. The minimum Gasteiger partial charge on any atom is -0.459 e. The molecule has 0 bridgehead atoms. The van der Waals surface area contributed by atoms with E-state index in [4.69, 9.17) is 10.5 Å². The van der Waals surface area contributed by atoms with Crippen molar-refractivity contribution in [2.24, 2.45) is 28.9 Å². The number of Topliss-reactive ketones (excluding diaryl/α,β-unsaturated/α-hetero) is 1. The number of hydrogen-bond donors (Lipinski definition) is 4. The largest absolute Gasteiger partial charge is 0.459 e. The van der Waals surface area contributed by atoms with E-state index in [1.807, 2.05) is 44.2 Å². The first kappa shape index (κ1) is 39.8. The Bertz CT molecular complexity index is 1620. The van der Waals surface area contributed by atoms with Crippen LogP contribution in [0.2, 0.25) is 0 Å². The number of amides is 5. The van der Waals surface area contributed by atoms with E-state index < -0.39 is 65.1 Å². The minimum atomic E-state index is -1.18. The van der Waals surface area contributed by atoms with Gasteiger partial charge in [-0.2, -0.15) is 0 Å². The SMILES string of the molecule is C=C(C(C)C)[C@@H]1C[C@@H](C(=O)NC(CC2CCC2)C(=O)C(N)=O)N(C(=O)C(NC(=O)N[C@@H](C(=O)OCc2ccccc2)c2ccccc2)C(C)(C)C)C1. The first-order valence-electron chi connectivity index (χ1n) is 18.0. The van der Waals surface area contributed by atoms with Crippen LogP contribution < -0.4 is 21.7 Å². The molecule has 12 heteroatoms. The van der Waals surface area contributed by atoms with Crippen molar-refractivity contribution in [2.45, 2.75) is 97.5 Å². The van der Waals surface area contributed by atoms with Gasteiger partial charge >= 0.3 is 12.0 Å². The van der Waals surface area contributed by atoms with Crippen LogP contribution in [0.15, 0.2) is 72.8 Å². The summed E-state index contributed by atoms with van der Waals surface area (Å²) in [5, 5.41) is 8.23. The summed E-state index contributed by atoms with van der Waals surface area (Å²) in [6.07, 6.45) is 3.33. The summed E-state index contributed by atoms with van der Waals surface area (Å²) in [5.41, 5.74) is 6.64. The van der Waals surface area contributed by atoms with Crippen LogP contribution in [0.1, 0.15) is 83.9 Å². The minimum absolute atomic E-state index is 0.00318. The second kappa shape index (κ2) is 17.5. The monoisotopic (exact) mass is 715 g/mol. The zero-order valence-electron chi connectivity index (χ0n) is 30.9. The van der Waals surface area contributed by atoms with Crippen molar-refractivity contribution in [3.63, 3.8) is 0 Å². The van der Waals surface area contributed by atoms with E-state index >= 15 is 0 Å². The summed E-state index contributed by atoms with van der Waals surface area (Å²) in [7, 11) is 0. The molecule has 1 heterocycles. The van der Waals surface area contributed by atoms with E-state index in [-0.39, 0.29) is 37.3 Å². The summed E-state index contributed by atoms with van der Waals surface area (Å²) in [6, 6.07) is 12.6. The molecule has 1 saturated heterocycles. The van der Waals surface area contributed by atoms with Gasteiger partial charge in [0.05, 0.1) is 6.04 Å². The summed E-state index contributed by atoms with van der Waals surface area (Å²) in [6.45, 7) is 13.7. The highest BCUT2D eigenvalue weighted by atomic mass is 16.5. The number of rotatable bonds is 15. The Kier molecular flexibility index (Phi) is 13.4. The lowest BCUT2D eigenvalue weighted by molar-refractivity contribution is -0.147. The standard InChI is InChI=1S/C40H53N5O7/c1-24(2)25(3)29-21-31(36(48)42-30(33(46)35(41)47)20-26-16-13-17-26)45(22-29)37(49)34(40(4,5)6)44-39(51)43-32(28-18-11-8-12-19-28)38(50)52-23-27-14-9-7-10-15-27/h7-12,14-15,18-19,24,26,29-32,34H,3,13,16-17,20-23H2,1-2,4-6H3,(H2,41,47)(H,42,48)(H2,43,44,51)/t29-,30?,31+,32-,34?/m1/s1. The fourth-order valence-corrected chi connectivity index (χ4v) is 6.66. The predicted octanol–water partition coefficient (Wildman–Crippen LogP) is 4.34. The molecule has 0 aromatic heterocycles. The van der Waals surface area contributed by atoms with Crippen LogP contribution >= 0.6 is 0 Å². The number of ketones is 1. The zero-order valence-corrected chi connectivity index (χ0v) is 30.9. The van der Waals surface area contributed by atoms with Gasteiger partial charge in [0, 0.05) is 6.54 Å². The number of primary amides is 1. The van der Waals surface area contributed by atoms with Crippen LogP contribution in [0.4, 0.5) is 4.79 Å².